The number of aliphatic hydroxyl groups excluding tert-OH is 1. The number of aromatic nitrogens is 3. The summed E-state index contributed by atoms with van der Waals surface area (Å²) in [5.74, 6) is 0.391. The van der Waals surface area contributed by atoms with Crippen molar-refractivity contribution in [3.8, 4) is 12.1 Å². The minimum Gasteiger partial charge on any atom is -0.392 e. The van der Waals surface area contributed by atoms with Gasteiger partial charge in [-0.25, -0.2) is 9.50 Å². The Morgan fingerprint density at radius 2 is 1.53 bits per heavy atom. The molecule has 0 saturated carbocycles. The zero-order chi connectivity index (χ0) is 38.2. The number of halogens is 1. The smallest absolute Gasteiger partial charge is 0.329 e. The molecule has 13 heteroatoms. The molecule has 4 rings (SSSR count). The maximum absolute atomic E-state index is 10.2. The fourth-order valence-electron chi connectivity index (χ4n) is 6.55. The first kappa shape index (κ1) is 44.5. The summed E-state index contributed by atoms with van der Waals surface area (Å²) in [6, 6.07) is 12.7. The molecule has 1 aliphatic heterocycles. The Morgan fingerprint density at radius 3 is 2.09 bits per heavy atom. The van der Waals surface area contributed by atoms with Crippen LogP contribution >= 0.6 is 20.2 Å². The summed E-state index contributed by atoms with van der Waals surface area (Å²) in [4.78, 5) is 14.2. The lowest BCUT2D eigenvalue weighted by Crippen LogP contribution is -2.31. The summed E-state index contributed by atoms with van der Waals surface area (Å²) in [6.45, 7) is 2.61. The Balaban J connectivity index is 0.000000586. The van der Waals surface area contributed by atoms with Gasteiger partial charge in [-0.3, -0.25) is 0 Å². The van der Waals surface area contributed by atoms with E-state index >= 15 is 0 Å². The van der Waals surface area contributed by atoms with Gasteiger partial charge < -0.3 is 29.5 Å². The molecule has 1 saturated heterocycles. The molecule has 3 aromatic rings. The van der Waals surface area contributed by atoms with Gasteiger partial charge in [0.2, 0.25) is 0 Å². The predicted octanol–water partition coefficient (Wildman–Crippen LogP) is 10.4. The lowest BCUT2D eigenvalue weighted by atomic mass is 10.0. The van der Waals surface area contributed by atoms with Crippen molar-refractivity contribution in [3.63, 3.8) is 0 Å². The molecule has 53 heavy (non-hydrogen) atoms. The number of rotatable bonds is 25. The Bertz CT molecular complexity index is 1550. The third-order valence-corrected chi connectivity index (χ3v) is 10.6. The highest BCUT2D eigenvalue weighted by atomic mass is 35.5. The number of ether oxygens (including phenoxy) is 1. The number of aliphatic hydroxyl groups is 1. The maximum Gasteiger partial charge on any atom is 0.329 e. The molecule has 4 N–H and O–H groups in total. The summed E-state index contributed by atoms with van der Waals surface area (Å²) < 4.78 is 18.8. The lowest BCUT2D eigenvalue weighted by Gasteiger charge is -2.22. The quantitative estimate of drug-likeness (QED) is 0.0556. The van der Waals surface area contributed by atoms with Gasteiger partial charge in [-0.15, -0.1) is 0 Å². The van der Waals surface area contributed by atoms with Gasteiger partial charge in [0.25, 0.3) is 0 Å². The normalized spacial score (nSPS) is 17.3. The Kier molecular flexibility index (Phi) is 21.9. The first-order chi connectivity index (χ1) is 25.8. The average molecular weight is 771 g/mol. The largest absolute Gasteiger partial charge is 0.392 e. The fourth-order valence-corrected chi connectivity index (χ4v) is 7.49. The Morgan fingerprint density at radius 1 is 0.925 bits per heavy atom. The lowest BCUT2D eigenvalue weighted by molar-refractivity contribution is -0.0358. The zero-order valence-corrected chi connectivity index (χ0v) is 33.2. The summed E-state index contributed by atoms with van der Waals surface area (Å²) in [5, 5.41) is 31.8. The number of benzene rings is 1. The maximum atomic E-state index is 10.2. The molecule has 1 aromatic carbocycles. The van der Waals surface area contributed by atoms with Gasteiger partial charge >= 0.3 is 8.60 Å². The van der Waals surface area contributed by atoms with Crippen LogP contribution in [0, 0.1) is 22.7 Å². The summed E-state index contributed by atoms with van der Waals surface area (Å²) in [5.41, 5.74) is 7.45. The molecule has 0 aliphatic carbocycles. The Labute approximate surface area is 322 Å². The van der Waals surface area contributed by atoms with Crippen molar-refractivity contribution >= 4 is 31.5 Å². The average Bonchev–Trinajstić information content (AvgIpc) is 3.81. The van der Waals surface area contributed by atoms with Gasteiger partial charge in [0, 0.05) is 5.02 Å². The van der Waals surface area contributed by atoms with Crippen LogP contribution in [0.1, 0.15) is 158 Å². The standard InChI is InChI=1S/C32H54N5O4P.C8H6ClNO/c1-2-3-4-5-6-7-8-9-10-11-12-13-14-15-16-17-18-19-24-39-42(38)40-26-32(25-33)23-22-30(41-32)28-20-21-29-31(34)35-27-36-37(28)29;9-8-2-6(4-10)1-7(3-8)5-11/h20-21,27,30,38H,2-19,22-24,26H2,1H3,(H2,34,35,36);1-3,11H,5H2. The number of nitrogen functional groups attached to an aromatic ring is 1. The van der Waals surface area contributed by atoms with Crippen LogP contribution in [-0.4, -0.2) is 43.4 Å². The highest BCUT2D eigenvalue weighted by Crippen LogP contribution is 2.43. The number of hydrogen-bond donors (Lipinski definition) is 3. The number of nitrogens with two attached hydrogens (primary N) is 1. The minimum atomic E-state index is -2.04. The second-order valence-corrected chi connectivity index (χ2v) is 15.4. The van der Waals surface area contributed by atoms with E-state index in [0.29, 0.717) is 46.9 Å². The van der Waals surface area contributed by atoms with E-state index in [0.717, 1.165) is 18.5 Å². The molecular weight excluding hydrogens is 711 g/mol. The second kappa shape index (κ2) is 26.0. The minimum absolute atomic E-state index is 0.0399. The summed E-state index contributed by atoms with van der Waals surface area (Å²) >= 11 is 5.65. The molecule has 11 nitrogen and oxygen atoms in total. The third-order valence-electron chi connectivity index (χ3n) is 9.60. The molecule has 3 unspecified atom stereocenters. The highest BCUT2D eigenvalue weighted by molar-refractivity contribution is 7.40. The third kappa shape index (κ3) is 16.6. The van der Waals surface area contributed by atoms with Crippen molar-refractivity contribution in [3.05, 3.63) is 58.5 Å². The van der Waals surface area contributed by atoms with Crippen LogP contribution < -0.4 is 5.73 Å². The monoisotopic (exact) mass is 770 g/mol. The number of nitrogens with zero attached hydrogens (tertiary/aromatic N) is 5. The molecule has 0 radical (unpaired) electrons. The van der Waals surface area contributed by atoms with Crippen LogP contribution in [0.2, 0.25) is 5.02 Å². The first-order valence-electron chi connectivity index (χ1n) is 19.6. The van der Waals surface area contributed by atoms with Gasteiger partial charge in [0.1, 0.15) is 24.0 Å². The summed E-state index contributed by atoms with van der Waals surface area (Å²) in [7, 11) is -2.04. The molecule has 292 valence electrons. The molecule has 3 atom stereocenters. The second-order valence-electron chi connectivity index (χ2n) is 13.9. The molecule has 1 fully saturated rings. The fraction of sp³-hybridized carbons (Fsp3) is 0.650. The van der Waals surface area contributed by atoms with Crippen molar-refractivity contribution in [1.29, 1.82) is 10.5 Å². The SMILES string of the molecule is CCCCCCCCCCCCCCCCCCCCOP(O)OCC1(C#N)CCC(c2ccc3c(N)ncnn23)O1.N#Cc1cc(Cl)cc(CO)c1. The van der Waals surface area contributed by atoms with Crippen molar-refractivity contribution < 1.29 is 23.8 Å². The van der Waals surface area contributed by atoms with E-state index in [4.69, 9.17) is 41.5 Å². The number of hydrogen-bond acceptors (Lipinski definition) is 10. The van der Waals surface area contributed by atoms with Gasteiger partial charge in [-0.05, 0) is 55.2 Å². The van der Waals surface area contributed by atoms with E-state index in [1.165, 1.54) is 109 Å². The molecule has 0 spiro atoms. The number of nitriles is 2. The van der Waals surface area contributed by atoms with Gasteiger partial charge in [-0.1, -0.05) is 128 Å². The van der Waals surface area contributed by atoms with E-state index < -0.39 is 14.2 Å². The zero-order valence-electron chi connectivity index (χ0n) is 31.6. The van der Waals surface area contributed by atoms with Crippen LogP contribution in [-0.2, 0) is 20.4 Å². The highest BCUT2D eigenvalue weighted by Gasteiger charge is 2.43. The van der Waals surface area contributed by atoms with Crippen LogP contribution in [0.3, 0.4) is 0 Å². The van der Waals surface area contributed by atoms with E-state index in [1.54, 1.807) is 22.7 Å². The van der Waals surface area contributed by atoms with E-state index in [-0.39, 0.29) is 19.3 Å². The van der Waals surface area contributed by atoms with Crippen LogP contribution in [0.25, 0.3) is 5.52 Å². The number of fused-ring (bicyclic) bond motifs is 1. The van der Waals surface area contributed by atoms with Crippen LogP contribution in [0.15, 0.2) is 36.7 Å². The van der Waals surface area contributed by atoms with Crippen molar-refractivity contribution in [1.82, 2.24) is 14.6 Å². The predicted molar refractivity (Wildman–Crippen MR) is 211 cm³/mol. The topological polar surface area (TPSA) is 172 Å². The van der Waals surface area contributed by atoms with Gasteiger partial charge in [0.15, 0.2) is 11.4 Å². The molecule has 2 aromatic heterocycles. The van der Waals surface area contributed by atoms with Crippen molar-refractivity contribution in [2.45, 2.75) is 154 Å². The molecule has 3 heterocycles. The Hall–Kier alpha value is -2.86. The molecule has 0 bridgehead atoms. The number of anilines is 1. The summed E-state index contributed by atoms with van der Waals surface area (Å²) in [6.07, 6.45) is 26.2. The van der Waals surface area contributed by atoms with Crippen LogP contribution in [0.5, 0.6) is 0 Å². The van der Waals surface area contributed by atoms with E-state index in [1.807, 2.05) is 18.2 Å². The molecular formula is C40H60ClN6O5P. The first-order valence-corrected chi connectivity index (χ1v) is 21.1. The van der Waals surface area contributed by atoms with Gasteiger partial charge in [-0.2, -0.15) is 15.6 Å². The number of unbranched alkanes of at least 4 members (excludes halogenated alkanes) is 17. The molecule has 1 aliphatic rings. The van der Waals surface area contributed by atoms with Crippen molar-refractivity contribution in [2.24, 2.45) is 0 Å². The van der Waals surface area contributed by atoms with E-state index in [2.05, 4.69) is 23.1 Å². The van der Waals surface area contributed by atoms with E-state index in [9.17, 15) is 10.2 Å². The van der Waals surface area contributed by atoms with Crippen LogP contribution in [0.4, 0.5) is 5.82 Å². The molecule has 0 amide bonds. The van der Waals surface area contributed by atoms with Crippen molar-refractivity contribution in [2.75, 3.05) is 18.9 Å². The van der Waals surface area contributed by atoms with Gasteiger partial charge in [0.05, 0.1) is 37.1 Å².